The van der Waals surface area contributed by atoms with Gasteiger partial charge in [0.15, 0.2) is 0 Å². The Kier molecular flexibility index (Phi) is 2.11. The summed E-state index contributed by atoms with van der Waals surface area (Å²) in [6, 6.07) is 0.384. The lowest BCUT2D eigenvalue weighted by molar-refractivity contribution is 0.0941. The Balaban J connectivity index is 2.17. The average Bonchev–Trinajstić information content (AvgIpc) is 2.79. The molecule has 0 aromatic carbocycles. The van der Waals surface area contributed by atoms with E-state index in [-0.39, 0.29) is 5.91 Å². The van der Waals surface area contributed by atoms with Gasteiger partial charge in [0.05, 0.1) is 10.7 Å². The second-order valence-electron chi connectivity index (χ2n) is 3.21. The number of hydrogen-bond donors (Lipinski definition) is 1. The van der Waals surface area contributed by atoms with Crippen molar-refractivity contribution in [3.63, 3.8) is 0 Å². The van der Waals surface area contributed by atoms with Gasteiger partial charge in [-0.3, -0.25) is 9.48 Å². The van der Waals surface area contributed by atoms with Crippen LogP contribution in [0, 0.1) is 0 Å². The van der Waals surface area contributed by atoms with E-state index in [4.69, 9.17) is 0 Å². The minimum atomic E-state index is -0.0469. The number of rotatable bonds is 2. The van der Waals surface area contributed by atoms with Crippen LogP contribution in [0.3, 0.4) is 0 Å². The van der Waals surface area contributed by atoms with Crippen molar-refractivity contribution in [3.05, 3.63) is 16.4 Å². The fourth-order valence-electron chi connectivity index (χ4n) is 1.15. The zero-order chi connectivity index (χ0) is 9.42. The molecule has 4 nitrogen and oxygen atoms in total. The molecule has 1 heterocycles. The molecule has 1 fully saturated rings. The van der Waals surface area contributed by atoms with E-state index in [9.17, 15) is 4.79 Å². The van der Waals surface area contributed by atoms with E-state index in [0.717, 1.165) is 17.3 Å². The van der Waals surface area contributed by atoms with Crippen molar-refractivity contribution in [1.82, 2.24) is 15.1 Å². The lowest BCUT2D eigenvalue weighted by atomic mass is 10.4. The van der Waals surface area contributed by atoms with Gasteiger partial charge in [0.2, 0.25) is 0 Å². The third-order valence-corrected chi connectivity index (χ3v) is 2.60. The average molecular weight is 244 g/mol. The summed E-state index contributed by atoms with van der Waals surface area (Å²) in [5.74, 6) is -0.0469. The van der Waals surface area contributed by atoms with Crippen LogP contribution in [0.1, 0.15) is 23.3 Å². The van der Waals surface area contributed by atoms with Crippen LogP contribution in [-0.4, -0.2) is 21.7 Å². The molecule has 5 heteroatoms. The fourth-order valence-corrected chi connectivity index (χ4v) is 1.68. The van der Waals surface area contributed by atoms with Gasteiger partial charge in [-0.1, -0.05) is 0 Å². The molecule has 2 rings (SSSR count). The van der Waals surface area contributed by atoms with Gasteiger partial charge in [-0.2, -0.15) is 5.10 Å². The zero-order valence-electron chi connectivity index (χ0n) is 7.25. The van der Waals surface area contributed by atoms with Crippen LogP contribution >= 0.6 is 15.9 Å². The first kappa shape index (κ1) is 8.74. The summed E-state index contributed by atoms with van der Waals surface area (Å²) in [4.78, 5) is 11.6. The number of carbonyl (C=O) groups is 1. The van der Waals surface area contributed by atoms with E-state index in [2.05, 4.69) is 26.3 Å². The maximum absolute atomic E-state index is 11.6. The van der Waals surface area contributed by atoms with Gasteiger partial charge in [0, 0.05) is 13.1 Å². The highest BCUT2D eigenvalue weighted by Crippen LogP contribution is 2.21. The molecule has 1 aliphatic carbocycles. The smallest absolute Gasteiger partial charge is 0.270 e. The number of carbonyl (C=O) groups excluding carboxylic acids is 1. The van der Waals surface area contributed by atoms with Crippen LogP contribution in [0.25, 0.3) is 0 Å². The van der Waals surface area contributed by atoms with E-state index in [0.29, 0.717) is 11.7 Å². The van der Waals surface area contributed by atoms with Gasteiger partial charge >= 0.3 is 0 Å². The summed E-state index contributed by atoms with van der Waals surface area (Å²) in [5, 5.41) is 6.88. The van der Waals surface area contributed by atoms with E-state index in [1.807, 2.05) is 0 Å². The van der Waals surface area contributed by atoms with Gasteiger partial charge in [0.1, 0.15) is 5.69 Å². The van der Waals surface area contributed by atoms with Crippen LogP contribution in [0.2, 0.25) is 0 Å². The fraction of sp³-hybridized carbons (Fsp3) is 0.500. The lowest BCUT2D eigenvalue weighted by Gasteiger charge is -2.03. The number of nitrogens with zero attached hydrogens (tertiary/aromatic N) is 2. The number of aryl methyl sites for hydroxylation is 1. The summed E-state index contributed by atoms with van der Waals surface area (Å²) in [6.07, 6.45) is 3.82. The highest BCUT2D eigenvalue weighted by molar-refractivity contribution is 9.10. The van der Waals surface area contributed by atoms with Gasteiger partial charge in [-0.05, 0) is 28.8 Å². The van der Waals surface area contributed by atoms with Gasteiger partial charge in [-0.15, -0.1) is 0 Å². The van der Waals surface area contributed by atoms with Crippen LogP contribution in [0.5, 0.6) is 0 Å². The maximum Gasteiger partial charge on any atom is 0.270 e. The molecule has 1 amide bonds. The molecule has 0 unspecified atom stereocenters. The van der Waals surface area contributed by atoms with Gasteiger partial charge < -0.3 is 5.32 Å². The molecule has 70 valence electrons. The second-order valence-corrected chi connectivity index (χ2v) is 4.07. The molecule has 1 aromatic rings. The van der Waals surface area contributed by atoms with Gasteiger partial charge in [-0.25, -0.2) is 0 Å². The molecular formula is C8H10BrN3O. The van der Waals surface area contributed by atoms with Crippen molar-refractivity contribution in [3.8, 4) is 0 Å². The molecule has 0 bridgehead atoms. The minimum absolute atomic E-state index is 0.0469. The first-order valence-electron chi connectivity index (χ1n) is 4.17. The number of amides is 1. The Labute approximate surface area is 84.4 Å². The number of hydrogen-bond acceptors (Lipinski definition) is 2. The molecule has 1 aliphatic rings. The predicted molar refractivity (Wildman–Crippen MR) is 51.4 cm³/mol. The molecule has 1 N–H and O–H groups in total. The van der Waals surface area contributed by atoms with Gasteiger partial charge in [0.25, 0.3) is 5.91 Å². The monoisotopic (exact) mass is 243 g/mol. The number of halogens is 1. The topological polar surface area (TPSA) is 46.9 Å². The molecule has 0 radical (unpaired) electrons. The summed E-state index contributed by atoms with van der Waals surface area (Å²) in [7, 11) is 1.76. The quantitative estimate of drug-likeness (QED) is 0.845. The molecule has 0 atom stereocenters. The lowest BCUT2D eigenvalue weighted by Crippen LogP contribution is -2.27. The van der Waals surface area contributed by atoms with Crippen molar-refractivity contribution < 1.29 is 4.79 Å². The Hall–Kier alpha value is -0.840. The predicted octanol–water partition coefficient (Wildman–Crippen LogP) is 1.07. The zero-order valence-corrected chi connectivity index (χ0v) is 8.84. The van der Waals surface area contributed by atoms with E-state index in [1.54, 1.807) is 17.9 Å². The standard InChI is InChI=1S/C8H10BrN3O/c1-12-7(6(9)4-10-12)8(13)11-5-2-3-5/h4-5H,2-3H2,1H3,(H,11,13). The SMILES string of the molecule is Cn1ncc(Br)c1C(=O)NC1CC1. The van der Waals surface area contributed by atoms with Crippen molar-refractivity contribution in [2.45, 2.75) is 18.9 Å². The molecule has 13 heavy (non-hydrogen) atoms. The highest BCUT2D eigenvalue weighted by Gasteiger charge is 2.25. The second kappa shape index (κ2) is 3.14. The normalized spacial score (nSPS) is 15.8. The summed E-state index contributed by atoms with van der Waals surface area (Å²) < 4.78 is 2.31. The Morgan fingerprint density at radius 2 is 2.46 bits per heavy atom. The van der Waals surface area contributed by atoms with Crippen LogP contribution in [0.15, 0.2) is 10.7 Å². The molecular weight excluding hydrogens is 234 g/mol. The molecule has 0 aliphatic heterocycles. The highest BCUT2D eigenvalue weighted by atomic mass is 79.9. The largest absolute Gasteiger partial charge is 0.348 e. The number of aromatic nitrogens is 2. The number of nitrogens with one attached hydrogen (secondary N) is 1. The van der Waals surface area contributed by atoms with Crippen molar-refractivity contribution in [2.24, 2.45) is 7.05 Å². The van der Waals surface area contributed by atoms with Crippen molar-refractivity contribution >= 4 is 21.8 Å². The third kappa shape index (κ3) is 1.75. The molecule has 1 aromatic heterocycles. The minimum Gasteiger partial charge on any atom is -0.348 e. The third-order valence-electron chi connectivity index (χ3n) is 2.02. The Morgan fingerprint density at radius 3 is 2.92 bits per heavy atom. The summed E-state index contributed by atoms with van der Waals surface area (Å²) in [6.45, 7) is 0. The Bertz CT molecular complexity index is 324. The van der Waals surface area contributed by atoms with Crippen molar-refractivity contribution in [2.75, 3.05) is 0 Å². The Morgan fingerprint density at radius 1 is 1.77 bits per heavy atom. The summed E-state index contributed by atoms with van der Waals surface area (Å²) in [5.41, 5.74) is 0.590. The van der Waals surface area contributed by atoms with E-state index < -0.39 is 0 Å². The van der Waals surface area contributed by atoms with Crippen LogP contribution < -0.4 is 5.32 Å². The molecule has 1 saturated carbocycles. The summed E-state index contributed by atoms with van der Waals surface area (Å²) >= 11 is 3.28. The molecule has 0 saturated heterocycles. The van der Waals surface area contributed by atoms with Crippen LogP contribution in [0.4, 0.5) is 0 Å². The van der Waals surface area contributed by atoms with Crippen molar-refractivity contribution in [1.29, 1.82) is 0 Å². The first-order chi connectivity index (χ1) is 6.18. The molecule has 0 spiro atoms. The first-order valence-corrected chi connectivity index (χ1v) is 4.96. The van der Waals surface area contributed by atoms with E-state index in [1.165, 1.54) is 0 Å². The van der Waals surface area contributed by atoms with Crippen LogP contribution in [-0.2, 0) is 7.05 Å². The van der Waals surface area contributed by atoms with E-state index >= 15 is 0 Å². The maximum atomic E-state index is 11.6.